The second-order valence-electron chi connectivity index (χ2n) is 6.86. The van der Waals surface area contributed by atoms with Gasteiger partial charge in [-0.2, -0.15) is 0 Å². The van der Waals surface area contributed by atoms with Crippen molar-refractivity contribution in [2.75, 3.05) is 32.7 Å². The lowest BCUT2D eigenvalue weighted by Crippen LogP contribution is -2.40. The summed E-state index contributed by atoms with van der Waals surface area (Å²) in [6.07, 6.45) is 6.19. The van der Waals surface area contributed by atoms with E-state index in [-0.39, 0.29) is 41.8 Å². The minimum absolute atomic E-state index is 0. The van der Waals surface area contributed by atoms with Gasteiger partial charge in [-0.25, -0.2) is 0 Å². The average molecular weight is 495 g/mol. The lowest BCUT2D eigenvalue weighted by Gasteiger charge is -2.20. The smallest absolute Gasteiger partial charge is 0.222 e. The van der Waals surface area contributed by atoms with Crippen LogP contribution in [0.1, 0.15) is 65.7 Å². The Morgan fingerprint density at radius 3 is 2.70 bits per heavy atom. The minimum Gasteiger partial charge on any atom is -0.357 e. The number of carbonyl (C=O) groups is 2. The molecule has 0 aromatic carbocycles. The summed E-state index contributed by atoms with van der Waals surface area (Å²) in [5, 5.41) is 9.35. The molecule has 27 heavy (non-hydrogen) atoms. The molecule has 0 saturated carbocycles. The van der Waals surface area contributed by atoms with Gasteiger partial charge in [-0.15, -0.1) is 24.0 Å². The molecule has 0 bridgehead atoms. The van der Waals surface area contributed by atoms with E-state index in [0.717, 1.165) is 57.7 Å². The molecule has 0 spiro atoms. The SMILES string of the molecule is CCNC(=NCCCN1CCCCCC1=O)NCCC(=O)NC(C)CC.I. The van der Waals surface area contributed by atoms with Gasteiger partial charge in [0.15, 0.2) is 5.96 Å². The highest BCUT2D eigenvalue weighted by Crippen LogP contribution is 2.11. The summed E-state index contributed by atoms with van der Waals surface area (Å²) in [6, 6.07) is 0.214. The van der Waals surface area contributed by atoms with Crippen LogP contribution in [0, 0.1) is 0 Å². The molecule has 1 aliphatic rings. The fourth-order valence-electron chi connectivity index (χ4n) is 2.81. The van der Waals surface area contributed by atoms with Crippen LogP contribution >= 0.6 is 24.0 Å². The van der Waals surface area contributed by atoms with E-state index in [1.807, 2.05) is 18.7 Å². The van der Waals surface area contributed by atoms with Gasteiger partial charge in [0.05, 0.1) is 0 Å². The maximum Gasteiger partial charge on any atom is 0.222 e. The lowest BCUT2D eigenvalue weighted by molar-refractivity contribution is -0.130. The third-order valence-electron chi connectivity index (χ3n) is 4.54. The number of carbonyl (C=O) groups excluding carboxylic acids is 2. The van der Waals surface area contributed by atoms with Crippen LogP contribution in [0.3, 0.4) is 0 Å². The number of nitrogens with one attached hydrogen (secondary N) is 3. The van der Waals surface area contributed by atoms with Crippen molar-refractivity contribution in [2.45, 2.75) is 71.8 Å². The summed E-state index contributed by atoms with van der Waals surface area (Å²) in [5.41, 5.74) is 0. The standard InChI is InChI=1S/C19H37N5O2.HI/c1-4-16(3)23-17(25)11-13-22-19(20-5-2)21-12-9-15-24-14-8-6-7-10-18(24)26;/h16H,4-15H2,1-3H3,(H,23,25)(H2,20,21,22);1H. The molecule has 0 radical (unpaired) electrons. The third-order valence-corrected chi connectivity index (χ3v) is 4.54. The van der Waals surface area contributed by atoms with Crippen LogP contribution < -0.4 is 16.0 Å². The Hall–Kier alpha value is -1.06. The maximum atomic E-state index is 12.0. The summed E-state index contributed by atoms with van der Waals surface area (Å²) >= 11 is 0. The molecule has 1 saturated heterocycles. The van der Waals surface area contributed by atoms with Crippen molar-refractivity contribution in [3.8, 4) is 0 Å². The number of aliphatic imine (C=N–C) groups is 1. The number of guanidine groups is 1. The molecule has 0 aromatic rings. The molecule has 0 aromatic heterocycles. The van der Waals surface area contributed by atoms with E-state index in [0.29, 0.717) is 25.9 Å². The molecule has 1 heterocycles. The van der Waals surface area contributed by atoms with Crippen molar-refractivity contribution in [1.29, 1.82) is 0 Å². The van der Waals surface area contributed by atoms with Crippen LogP contribution in [0.4, 0.5) is 0 Å². The Bertz CT molecular complexity index is 459. The zero-order valence-electron chi connectivity index (χ0n) is 17.2. The predicted molar refractivity (Wildman–Crippen MR) is 122 cm³/mol. The average Bonchev–Trinajstić information content (AvgIpc) is 2.82. The molecule has 7 nitrogen and oxygen atoms in total. The first-order valence-electron chi connectivity index (χ1n) is 10.2. The number of rotatable bonds is 10. The molecule has 2 amide bonds. The van der Waals surface area contributed by atoms with Crippen molar-refractivity contribution >= 4 is 41.8 Å². The molecule has 3 N–H and O–H groups in total. The molecule has 8 heteroatoms. The van der Waals surface area contributed by atoms with E-state index >= 15 is 0 Å². The van der Waals surface area contributed by atoms with Crippen molar-refractivity contribution < 1.29 is 9.59 Å². The van der Waals surface area contributed by atoms with Crippen LogP contribution in [0.5, 0.6) is 0 Å². The number of hydrogen-bond donors (Lipinski definition) is 3. The first-order valence-corrected chi connectivity index (χ1v) is 10.2. The Morgan fingerprint density at radius 2 is 2.00 bits per heavy atom. The fourth-order valence-corrected chi connectivity index (χ4v) is 2.81. The highest BCUT2D eigenvalue weighted by molar-refractivity contribution is 14.0. The van der Waals surface area contributed by atoms with Gasteiger partial charge in [0, 0.05) is 51.6 Å². The van der Waals surface area contributed by atoms with E-state index in [4.69, 9.17) is 0 Å². The van der Waals surface area contributed by atoms with Crippen LogP contribution in [-0.2, 0) is 9.59 Å². The van der Waals surface area contributed by atoms with E-state index in [9.17, 15) is 9.59 Å². The molecule has 1 rings (SSSR count). The van der Waals surface area contributed by atoms with Crippen molar-refractivity contribution in [1.82, 2.24) is 20.9 Å². The van der Waals surface area contributed by atoms with Gasteiger partial charge < -0.3 is 20.9 Å². The monoisotopic (exact) mass is 495 g/mol. The third kappa shape index (κ3) is 12.1. The van der Waals surface area contributed by atoms with Gasteiger partial charge in [-0.1, -0.05) is 13.3 Å². The molecule has 158 valence electrons. The van der Waals surface area contributed by atoms with E-state index < -0.39 is 0 Å². The van der Waals surface area contributed by atoms with Crippen LogP contribution in [-0.4, -0.2) is 61.4 Å². The molecule has 1 aliphatic heterocycles. The second-order valence-corrected chi connectivity index (χ2v) is 6.86. The van der Waals surface area contributed by atoms with Crippen molar-refractivity contribution in [3.63, 3.8) is 0 Å². The van der Waals surface area contributed by atoms with E-state index in [1.165, 1.54) is 0 Å². The predicted octanol–water partition coefficient (Wildman–Crippen LogP) is 2.26. The van der Waals surface area contributed by atoms with Crippen LogP contribution in [0.15, 0.2) is 4.99 Å². The number of amides is 2. The molecule has 1 unspecified atom stereocenters. The maximum absolute atomic E-state index is 12.0. The highest BCUT2D eigenvalue weighted by Gasteiger charge is 2.15. The van der Waals surface area contributed by atoms with Gasteiger partial charge in [0.25, 0.3) is 0 Å². The van der Waals surface area contributed by atoms with Gasteiger partial charge in [0.2, 0.25) is 11.8 Å². The normalized spacial score (nSPS) is 16.2. The van der Waals surface area contributed by atoms with Gasteiger partial charge in [-0.3, -0.25) is 14.6 Å². The Balaban J connectivity index is 0.00000676. The minimum atomic E-state index is 0. The Morgan fingerprint density at radius 1 is 1.22 bits per heavy atom. The van der Waals surface area contributed by atoms with E-state index in [1.54, 1.807) is 0 Å². The molecular weight excluding hydrogens is 457 g/mol. The number of likely N-dealkylation sites (tertiary alicyclic amines) is 1. The zero-order valence-corrected chi connectivity index (χ0v) is 19.5. The summed E-state index contributed by atoms with van der Waals surface area (Å²) < 4.78 is 0. The number of halogens is 1. The molecule has 1 fully saturated rings. The summed E-state index contributed by atoms with van der Waals surface area (Å²) in [7, 11) is 0. The first-order chi connectivity index (χ1) is 12.6. The summed E-state index contributed by atoms with van der Waals surface area (Å²) in [4.78, 5) is 30.3. The van der Waals surface area contributed by atoms with E-state index in [2.05, 4.69) is 27.9 Å². The van der Waals surface area contributed by atoms with Crippen molar-refractivity contribution in [3.05, 3.63) is 0 Å². The van der Waals surface area contributed by atoms with Crippen molar-refractivity contribution in [2.24, 2.45) is 4.99 Å². The zero-order chi connectivity index (χ0) is 19.2. The number of nitrogens with zero attached hydrogens (tertiary/aromatic N) is 2. The largest absolute Gasteiger partial charge is 0.357 e. The van der Waals surface area contributed by atoms with Gasteiger partial charge >= 0.3 is 0 Å². The fraction of sp³-hybridized carbons (Fsp3) is 0.842. The Labute approximate surface area is 181 Å². The quantitative estimate of drug-likeness (QED) is 0.188. The molecule has 1 atom stereocenters. The topological polar surface area (TPSA) is 85.8 Å². The lowest BCUT2D eigenvalue weighted by atomic mass is 10.2. The van der Waals surface area contributed by atoms with Crippen LogP contribution in [0.25, 0.3) is 0 Å². The second kappa shape index (κ2) is 15.9. The molecular formula is C19H38IN5O2. The van der Waals surface area contributed by atoms with Crippen LogP contribution in [0.2, 0.25) is 0 Å². The highest BCUT2D eigenvalue weighted by atomic mass is 127. The van der Waals surface area contributed by atoms with Gasteiger partial charge in [0.1, 0.15) is 0 Å². The summed E-state index contributed by atoms with van der Waals surface area (Å²) in [6.45, 7) is 9.73. The summed E-state index contributed by atoms with van der Waals surface area (Å²) in [5.74, 6) is 1.07. The van der Waals surface area contributed by atoms with Gasteiger partial charge in [-0.05, 0) is 39.5 Å². The first kappa shape index (κ1) is 25.9. The number of hydrogen-bond acceptors (Lipinski definition) is 3. The molecule has 0 aliphatic carbocycles. The Kier molecular flexibility index (Phi) is 15.3.